The maximum Gasteiger partial charge on any atom is 0.303 e. The van der Waals surface area contributed by atoms with E-state index in [1.165, 1.54) is 0 Å². The van der Waals surface area contributed by atoms with Gasteiger partial charge in [0.2, 0.25) is 17.7 Å². The second-order valence-corrected chi connectivity index (χ2v) is 7.44. The van der Waals surface area contributed by atoms with Crippen LogP contribution in [-0.4, -0.2) is 46.9 Å². The van der Waals surface area contributed by atoms with Crippen molar-refractivity contribution in [2.75, 3.05) is 0 Å². The third-order valence-electron chi connectivity index (χ3n) is 4.54. The van der Waals surface area contributed by atoms with Gasteiger partial charge in [0.15, 0.2) is 0 Å². The predicted molar refractivity (Wildman–Crippen MR) is 102 cm³/mol. The van der Waals surface area contributed by atoms with Crippen LogP contribution in [0.3, 0.4) is 0 Å². The molecule has 0 saturated carbocycles. The first-order valence-electron chi connectivity index (χ1n) is 9.43. The van der Waals surface area contributed by atoms with Gasteiger partial charge in [0.25, 0.3) is 0 Å². The number of carbonyl (C=O) groups is 4. The highest BCUT2D eigenvalue weighted by molar-refractivity contribution is 5.97. The maximum absolute atomic E-state index is 12.8. The molecule has 0 bridgehead atoms. The number of aliphatic carboxylic acids is 1. The number of carboxylic acids is 1. The van der Waals surface area contributed by atoms with Gasteiger partial charge in [-0.3, -0.25) is 19.2 Å². The number of carboxylic acid groups (broad SMARTS) is 1. The molecule has 1 heterocycles. The maximum atomic E-state index is 12.8. The zero-order valence-corrected chi connectivity index (χ0v) is 16.1. The van der Waals surface area contributed by atoms with Crippen molar-refractivity contribution in [1.82, 2.24) is 16.0 Å². The van der Waals surface area contributed by atoms with Gasteiger partial charge in [0.1, 0.15) is 18.1 Å². The van der Waals surface area contributed by atoms with Crippen LogP contribution in [0.2, 0.25) is 0 Å². The van der Waals surface area contributed by atoms with Crippen LogP contribution in [0.25, 0.3) is 0 Å². The van der Waals surface area contributed by atoms with Gasteiger partial charge in [-0.2, -0.15) is 0 Å². The molecule has 1 aliphatic rings. The fourth-order valence-corrected chi connectivity index (χ4v) is 3.12. The third-order valence-corrected chi connectivity index (χ3v) is 4.54. The summed E-state index contributed by atoms with van der Waals surface area (Å²) in [4.78, 5) is 49.0. The van der Waals surface area contributed by atoms with Crippen LogP contribution >= 0.6 is 0 Å². The summed E-state index contributed by atoms with van der Waals surface area (Å²) in [6.45, 7) is 3.86. The molecule has 0 spiro atoms. The molecule has 1 saturated heterocycles. The van der Waals surface area contributed by atoms with E-state index in [2.05, 4.69) is 16.0 Å². The van der Waals surface area contributed by atoms with Gasteiger partial charge in [-0.1, -0.05) is 44.2 Å². The van der Waals surface area contributed by atoms with Crippen LogP contribution in [0.15, 0.2) is 30.3 Å². The molecule has 0 radical (unpaired) electrons. The van der Waals surface area contributed by atoms with E-state index in [0.717, 1.165) is 5.56 Å². The zero-order valence-electron chi connectivity index (χ0n) is 16.1. The van der Waals surface area contributed by atoms with Gasteiger partial charge in [-0.15, -0.1) is 0 Å². The minimum atomic E-state index is -1.06. The lowest BCUT2D eigenvalue weighted by atomic mass is 10.0. The minimum Gasteiger partial charge on any atom is -0.481 e. The first kappa shape index (κ1) is 21.4. The molecule has 0 aromatic heterocycles. The first-order chi connectivity index (χ1) is 13.3. The van der Waals surface area contributed by atoms with Crippen molar-refractivity contribution in [3.8, 4) is 0 Å². The van der Waals surface area contributed by atoms with E-state index in [9.17, 15) is 19.2 Å². The Balaban J connectivity index is 2.26. The zero-order chi connectivity index (χ0) is 20.7. The Kier molecular flexibility index (Phi) is 7.54. The van der Waals surface area contributed by atoms with E-state index in [-0.39, 0.29) is 25.2 Å². The van der Waals surface area contributed by atoms with E-state index in [4.69, 9.17) is 5.11 Å². The van der Waals surface area contributed by atoms with Crippen molar-refractivity contribution in [3.05, 3.63) is 35.9 Å². The first-order valence-corrected chi connectivity index (χ1v) is 9.43. The lowest BCUT2D eigenvalue weighted by molar-refractivity contribution is -0.138. The summed E-state index contributed by atoms with van der Waals surface area (Å²) in [5.74, 6) is -2.39. The Morgan fingerprint density at radius 2 is 1.46 bits per heavy atom. The second kappa shape index (κ2) is 9.87. The molecule has 3 atom stereocenters. The molecule has 1 fully saturated rings. The molecule has 8 nitrogen and oxygen atoms in total. The lowest BCUT2D eigenvalue weighted by Crippen LogP contribution is -2.51. The highest BCUT2D eigenvalue weighted by atomic mass is 16.4. The summed E-state index contributed by atoms with van der Waals surface area (Å²) in [6, 6.07) is 6.58. The molecule has 3 unspecified atom stereocenters. The monoisotopic (exact) mass is 389 g/mol. The van der Waals surface area contributed by atoms with Crippen LogP contribution in [-0.2, 0) is 25.6 Å². The molecule has 3 amide bonds. The number of carbonyl (C=O) groups excluding carboxylic acids is 3. The number of rotatable bonds is 7. The standard InChI is InChI=1S/C20H27N3O5/c1-12(2)10-15-19(27)21-14(8-9-17(24)25)18(26)23-16(20(28)22-15)11-13-6-4-3-5-7-13/h3-7,12,14-16H,8-11H2,1-2H3,(H,21,27)(H,22,28)(H,23,26)(H,24,25). The third kappa shape index (κ3) is 6.37. The van der Waals surface area contributed by atoms with Crippen LogP contribution < -0.4 is 16.0 Å². The molecule has 1 aromatic carbocycles. The fourth-order valence-electron chi connectivity index (χ4n) is 3.12. The van der Waals surface area contributed by atoms with Crippen molar-refractivity contribution in [2.45, 2.75) is 57.7 Å². The van der Waals surface area contributed by atoms with Crippen molar-refractivity contribution in [1.29, 1.82) is 0 Å². The number of hydrogen-bond acceptors (Lipinski definition) is 4. The summed E-state index contributed by atoms with van der Waals surface area (Å²) < 4.78 is 0. The van der Waals surface area contributed by atoms with Gasteiger partial charge < -0.3 is 21.1 Å². The normalized spacial score (nSPS) is 23.1. The molecular weight excluding hydrogens is 362 g/mol. The van der Waals surface area contributed by atoms with Crippen LogP contribution in [0.4, 0.5) is 0 Å². The van der Waals surface area contributed by atoms with Crippen molar-refractivity contribution in [2.24, 2.45) is 5.92 Å². The van der Waals surface area contributed by atoms with E-state index in [1.807, 2.05) is 44.2 Å². The van der Waals surface area contributed by atoms with E-state index >= 15 is 0 Å². The summed E-state index contributed by atoms with van der Waals surface area (Å²) in [6.07, 6.45) is 0.369. The molecular formula is C20H27N3O5. The number of nitrogens with one attached hydrogen (secondary N) is 3. The Bertz CT molecular complexity index is 720. The molecule has 1 aliphatic heterocycles. The predicted octanol–water partition coefficient (Wildman–Crippen LogP) is 0.608. The van der Waals surface area contributed by atoms with Gasteiger partial charge in [-0.25, -0.2) is 0 Å². The largest absolute Gasteiger partial charge is 0.481 e. The Morgan fingerprint density at radius 3 is 2.07 bits per heavy atom. The van der Waals surface area contributed by atoms with Gasteiger partial charge in [-0.05, 0) is 24.3 Å². The average Bonchev–Trinajstić information content (AvgIpc) is 2.66. The molecule has 152 valence electrons. The van der Waals surface area contributed by atoms with Crippen molar-refractivity contribution in [3.63, 3.8) is 0 Å². The molecule has 4 N–H and O–H groups in total. The quantitative estimate of drug-likeness (QED) is 0.544. The van der Waals surface area contributed by atoms with Crippen molar-refractivity contribution < 1.29 is 24.3 Å². The minimum absolute atomic E-state index is 0.0481. The number of benzene rings is 1. The highest BCUT2D eigenvalue weighted by Gasteiger charge is 2.34. The average molecular weight is 389 g/mol. The van der Waals surface area contributed by atoms with Crippen LogP contribution in [0, 0.1) is 5.92 Å². The SMILES string of the molecule is CC(C)CC1NC(=O)C(Cc2ccccc2)NC(=O)C(CCC(=O)O)NC1=O. The Hall–Kier alpha value is -2.90. The molecule has 8 heteroatoms. The molecule has 2 rings (SSSR count). The van der Waals surface area contributed by atoms with Gasteiger partial charge in [0, 0.05) is 12.8 Å². The molecule has 28 heavy (non-hydrogen) atoms. The summed E-state index contributed by atoms with van der Waals surface area (Å²) in [5.41, 5.74) is 0.865. The van der Waals surface area contributed by atoms with E-state index in [0.29, 0.717) is 6.42 Å². The van der Waals surface area contributed by atoms with E-state index in [1.54, 1.807) is 0 Å². The topological polar surface area (TPSA) is 125 Å². The lowest BCUT2D eigenvalue weighted by Gasteiger charge is -2.21. The summed E-state index contributed by atoms with van der Waals surface area (Å²) >= 11 is 0. The van der Waals surface area contributed by atoms with Crippen LogP contribution in [0.1, 0.15) is 38.7 Å². The Labute approximate surface area is 164 Å². The smallest absolute Gasteiger partial charge is 0.303 e. The summed E-state index contributed by atoms with van der Waals surface area (Å²) in [5, 5.41) is 16.9. The second-order valence-electron chi connectivity index (χ2n) is 7.44. The highest BCUT2D eigenvalue weighted by Crippen LogP contribution is 2.11. The van der Waals surface area contributed by atoms with Crippen molar-refractivity contribution >= 4 is 23.7 Å². The van der Waals surface area contributed by atoms with Gasteiger partial charge in [0.05, 0.1) is 0 Å². The van der Waals surface area contributed by atoms with Crippen LogP contribution in [0.5, 0.6) is 0 Å². The van der Waals surface area contributed by atoms with Gasteiger partial charge >= 0.3 is 5.97 Å². The Morgan fingerprint density at radius 1 is 0.929 bits per heavy atom. The fraction of sp³-hybridized carbons (Fsp3) is 0.500. The van der Waals surface area contributed by atoms with E-state index < -0.39 is 41.8 Å². The summed E-state index contributed by atoms with van der Waals surface area (Å²) in [7, 11) is 0. The molecule has 0 aliphatic carbocycles. The number of amides is 3. The molecule has 1 aromatic rings. The number of hydrogen-bond donors (Lipinski definition) is 4.